The lowest BCUT2D eigenvalue weighted by molar-refractivity contribution is 0.537. The van der Waals surface area contributed by atoms with Gasteiger partial charge >= 0.3 is 0 Å². The van der Waals surface area contributed by atoms with Crippen molar-refractivity contribution in [2.45, 2.75) is 23.5 Å². The average Bonchev–Trinajstić information content (AvgIpc) is 2.35. The van der Waals surface area contributed by atoms with Gasteiger partial charge in [0.15, 0.2) is 9.84 Å². The fraction of sp³-hybridized carbons (Fsp3) is 0.556. The first-order chi connectivity index (χ1) is 8.99. The van der Waals surface area contributed by atoms with E-state index in [0.717, 1.165) is 18.6 Å². The highest BCUT2D eigenvalue weighted by molar-refractivity contribution is 7.92. The maximum Gasteiger partial charge on any atom is 0.243 e. The molecule has 0 fully saturated rings. The summed E-state index contributed by atoms with van der Waals surface area (Å²) in [5.74, 6) is 5.14. The zero-order valence-electron chi connectivity index (χ0n) is 11.3. The molecule has 0 aliphatic heterocycles. The lowest BCUT2D eigenvalue weighted by Gasteiger charge is -2.22. The predicted octanol–water partition coefficient (Wildman–Crippen LogP) is -1.14. The summed E-state index contributed by atoms with van der Waals surface area (Å²) in [6.07, 6.45) is 3.18. The molecule has 0 radical (unpaired) electrons. The lowest BCUT2D eigenvalue weighted by atomic mass is 10.2. The van der Waals surface area contributed by atoms with Crippen LogP contribution < -0.4 is 16.0 Å². The van der Waals surface area contributed by atoms with Crippen molar-refractivity contribution in [3.8, 4) is 0 Å². The summed E-state index contributed by atoms with van der Waals surface area (Å²) in [7, 11) is -7.29. The number of hydrazine groups is 1. The fourth-order valence-corrected chi connectivity index (χ4v) is 2.54. The number of nitrogen functional groups attached to an aromatic ring is 1. The van der Waals surface area contributed by atoms with E-state index < -0.39 is 24.6 Å². The number of sulfone groups is 1. The van der Waals surface area contributed by atoms with Crippen molar-refractivity contribution in [3.63, 3.8) is 0 Å². The molecule has 20 heavy (non-hydrogen) atoms. The molecule has 9 nitrogen and oxygen atoms in total. The van der Waals surface area contributed by atoms with Gasteiger partial charge in [-0.1, -0.05) is 0 Å². The van der Waals surface area contributed by atoms with E-state index >= 15 is 0 Å². The number of sulfonamides is 1. The van der Waals surface area contributed by atoms with Crippen molar-refractivity contribution in [1.29, 1.82) is 0 Å². The number of rotatable bonds is 6. The number of hydrogen-bond donors (Lipinski definition) is 3. The van der Waals surface area contributed by atoms with Gasteiger partial charge in [-0.05, 0) is 13.8 Å². The van der Waals surface area contributed by atoms with Gasteiger partial charge in [-0.15, -0.1) is 0 Å². The molecule has 0 atom stereocenters. The van der Waals surface area contributed by atoms with Crippen LogP contribution in [0.5, 0.6) is 0 Å². The van der Waals surface area contributed by atoms with Gasteiger partial charge in [-0.25, -0.2) is 37.4 Å². The van der Waals surface area contributed by atoms with Gasteiger partial charge in [0.25, 0.3) is 0 Å². The number of nitrogens with two attached hydrogens (primary N) is 1. The molecule has 0 aromatic carbocycles. The van der Waals surface area contributed by atoms with E-state index in [-0.39, 0.29) is 17.4 Å². The number of anilines is 1. The fourth-order valence-electron chi connectivity index (χ4n) is 1.01. The maximum atomic E-state index is 12.0. The second-order valence-corrected chi connectivity index (χ2v) is 9.16. The highest BCUT2D eigenvalue weighted by Gasteiger charge is 2.32. The molecule has 0 spiro atoms. The van der Waals surface area contributed by atoms with E-state index in [4.69, 9.17) is 5.84 Å². The van der Waals surface area contributed by atoms with Crippen LogP contribution in [0.2, 0.25) is 0 Å². The minimum absolute atomic E-state index is 0.0698. The first-order valence-corrected chi connectivity index (χ1v) is 8.85. The van der Waals surface area contributed by atoms with E-state index in [1.165, 1.54) is 13.8 Å². The quantitative estimate of drug-likeness (QED) is 0.440. The minimum atomic E-state index is -3.89. The highest BCUT2D eigenvalue weighted by atomic mass is 32.2. The van der Waals surface area contributed by atoms with E-state index in [2.05, 4.69) is 20.1 Å². The van der Waals surface area contributed by atoms with Crippen LogP contribution in [0, 0.1) is 0 Å². The van der Waals surface area contributed by atoms with Gasteiger partial charge in [0.05, 0.1) is 17.1 Å². The third-order valence-electron chi connectivity index (χ3n) is 2.76. The molecule has 0 aliphatic rings. The molecule has 0 unspecified atom stereocenters. The zero-order valence-corrected chi connectivity index (χ0v) is 12.9. The first kappa shape index (κ1) is 16.8. The Kier molecular flexibility index (Phi) is 4.69. The van der Waals surface area contributed by atoms with Crippen molar-refractivity contribution < 1.29 is 16.8 Å². The Morgan fingerprint density at radius 1 is 1.20 bits per heavy atom. The molecule has 114 valence electrons. The van der Waals surface area contributed by atoms with Gasteiger partial charge in [-0.2, -0.15) is 0 Å². The standard InChI is InChI=1S/C9H17N5O4S2/c1-9(2,19(3,15)16)6-13-20(17,18)7-4-11-8(14-10)12-5-7/h4-5,13H,6,10H2,1-3H3,(H,11,12,14). The molecule has 0 amide bonds. The molecule has 1 heterocycles. The molecule has 1 rings (SSSR count). The van der Waals surface area contributed by atoms with Gasteiger partial charge in [0.2, 0.25) is 16.0 Å². The summed E-state index contributed by atoms with van der Waals surface area (Å²) in [5.41, 5.74) is 2.17. The second-order valence-electron chi connectivity index (χ2n) is 4.74. The molecule has 0 bridgehead atoms. The molecule has 0 aliphatic carbocycles. The molecule has 11 heteroatoms. The Bertz CT molecular complexity index is 667. The van der Waals surface area contributed by atoms with Crippen LogP contribution >= 0.6 is 0 Å². The summed E-state index contributed by atoms with van der Waals surface area (Å²) < 4.78 is 48.0. The van der Waals surface area contributed by atoms with Crippen LogP contribution in [0.1, 0.15) is 13.8 Å². The number of aromatic nitrogens is 2. The van der Waals surface area contributed by atoms with Crippen LogP contribution in [0.15, 0.2) is 17.3 Å². The summed E-state index contributed by atoms with van der Waals surface area (Å²) in [5, 5.41) is 0. The van der Waals surface area contributed by atoms with E-state index in [9.17, 15) is 16.8 Å². The maximum absolute atomic E-state index is 12.0. The molecular formula is C9H17N5O4S2. The van der Waals surface area contributed by atoms with Gasteiger partial charge in [0.1, 0.15) is 4.90 Å². The predicted molar refractivity (Wildman–Crippen MR) is 74.0 cm³/mol. The van der Waals surface area contributed by atoms with Gasteiger partial charge in [-0.3, -0.25) is 5.43 Å². The van der Waals surface area contributed by atoms with E-state index in [0.29, 0.717) is 0 Å². The Morgan fingerprint density at radius 3 is 2.10 bits per heavy atom. The third kappa shape index (κ3) is 3.85. The second kappa shape index (κ2) is 5.60. The SMILES string of the molecule is CC(C)(CNS(=O)(=O)c1cnc(NN)nc1)S(C)(=O)=O. The molecule has 1 aromatic heterocycles. The topological polar surface area (TPSA) is 144 Å². The zero-order chi connectivity index (χ0) is 15.6. The van der Waals surface area contributed by atoms with Crippen molar-refractivity contribution in [1.82, 2.24) is 14.7 Å². The highest BCUT2D eigenvalue weighted by Crippen LogP contribution is 2.15. The summed E-state index contributed by atoms with van der Waals surface area (Å²) in [4.78, 5) is 7.16. The Morgan fingerprint density at radius 2 is 1.70 bits per heavy atom. The van der Waals surface area contributed by atoms with Crippen LogP contribution in [0.3, 0.4) is 0 Å². The van der Waals surface area contributed by atoms with Gasteiger partial charge in [0, 0.05) is 12.8 Å². The smallest absolute Gasteiger partial charge is 0.243 e. The summed E-state index contributed by atoms with van der Waals surface area (Å²) in [6, 6.07) is 0. The monoisotopic (exact) mass is 323 g/mol. The first-order valence-electron chi connectivity index (χ1n) is 5.47. The Labute approximate surface area is 117 Å². The van der Waals surface area contributed by atoms with Crippen LogP contribution in [-0.4, -0.2) is 44.4 Å². The third-order valence-corrected chi connectivity index (χ3v) is 6.27. The van der Waals surface area contributed by atoms with Crippen LogP contribution in [0.4, 0.5) is 5.95 Å². The van der Waals surface area contributed by atoms with Crippen LogP contribution in [-0.2, 0) is 19.9 Å². The van der Waals surface area contributed by atoms with E-state index in [1.54, 1.807) is 0 Å². The number of nitrogens with zero attached hydrogens (tertiary/aromatic N) is 2. The number of nitrogens with one attached hydrogen (secondary N) is 2. The molecule has 1 aromatic rings. The normalized spacial score (nSPS) is 13.2. The Hall–Kier alpha value is -1.30. The van der Waals surface area contributed by atoms with Gasteiger partial charge < -0.3 is 0 Å². The summed E-state index contributed by atoms with van der Waals surface area (Å²) in [6.45, 7) is 2.61. The molecule has 4 N–H and O–H groups in total. The largest absolute Gasteiger partial charge is 0.292 e. The lowest BCUT2D eigenvalue weighted by Crippen LogP contribution is -2.43. The van der Waals surface area contributed by atoms with Crippen molar-refractivity contribution in [2.75, 3.05) is 18.2 Å². The Balaban J connectivity index is 2.90. The van der Waals surface area contributed by atoms with Crippen molar-refractivity contribution in [3.05, 3.63) is 12.4 Å². The molecule has 0 saturated carbocycles. The summed E-state index contributed by atoms with van der Waals surface area (Å²) >= 11 is 0. The average molecular weight is 323 g/mol. The molecule has 0 saturated heterocycles. The number of hydrogen-bond acceptors (Lipinski definition) is 8. The van der Waals surface area contributed by atoms with Crippen molar-refractivity contribution in [2.24, 2.45) is 5.84 Å². The van der Waals surface area contributed by atoms with E-state index in [1.807, 2.05) is 0 Å². The van der Waals surface area contributed by atoms with Crippen LogP contribution in [0.25, 0.3) is 0 Å². The minimum Gasteiger partial charge on any atom is -0.292 e. The van der Waals surface area contributed by atoms with Crippen molar-refractivity contribution >= 4 is 25.8 Å². The molecular weight excluding hydrogens is 306 g/mol.